The minimum Gasteiger partial charge on any atom is -0.493 e. The smallest absolute Gasteiger partial charge is 0.165 e. The molecule has 1 aliphatic rings. The van der Waals surface area contributed by atoms with Gasteiger partial charge in [0.1, 0.15) is 11.5 Å². The molecule has 0 radical (unpaired) electrons. The van der Waals surface area contributed by atoms with Gasteiger partial charge >= 0.3 is 0 Å². The Kier molecular flexibility index (Phi) is 5.45. The molecule has 32 heavy (non-hydrogen) atoms. The minimum absolute atomic E-state index is 0.301. The van der Waals surface area contributed by atoms with Crippen molar-refractivity contribution in [1.82, 2.24) is 19.5 Å². The Morgan fingerprint density at radius 3 is 2.84 bits per heavy atom. The van der Waals surface area contributed by atoms with Gasteiger partial charge < -0.3 is 19.6 Å². The summed E-state index contributed by atoms with van der Waals surface area (Å²) >= 11 is 0. The number of piperidine rings is 1. The summed E-state index contributed by atoms with van der Waals surface area (Å²) in [5.41, 5.74) is 9.93. The van der Waals surface area contributed by atoms with E-state index in [1.807, 2.05) is 36.4 Å². The zero-order valence-corrected chi connectivity index (χ0v) is 18.3. The van der Waals surface area contributed by atoms with Crippen molar-refractivity contribution in [1.29, 1.82) is 0 Å². The molecule has 3 aromatic heterocycles. The van der Waals surface area contributed by atoms with E-state index in [1.54, 1.807) is 25.0 Å². The van der Waals surface area contributed by atoms with Gasteiger partial charge in [-0.25, -0.2) is 4.98 Å². The first-order chi connectivity index (χ1) is 15.7. The van der Waals surface area contributed by atoms with Crippen molar-refractivity contribution in [2.45, 2.75) is 25.3 Å². The summed E-state index contributed by atoms with van der Waals surface area (Å²) in [6.45, 7) is 2.73. The van der Waals surface area contributed by atoms with Gasteiger partial charge in [0, 0.05) is 36.7 Å². The molecule has 1 aromatic carbocycles. The van der Waals surface area contributed by atoms with Crippen LogP contribution in [0.2, 0.25) is 0 Å². The molecule has 4 aromatic rings. The lowest BCUT2D eigenvalue weighted by atomic mass is 9.94. The highest BCUT2D eigenvalue weighted by atomic mass is 16.5. The number of nitrogens with zero attached hydrogens (tertiary/aromatic N) is 4. The first-order valence-corrected chi connectivity index (χ1v) is 10.8. The third-order valence-electron chi connectivity index (χ3n) is 6.05. The zero-order valence-electron chi connectivity index (χ0n) is 18.3. The highest BCUT2D eigenvalue weighted by molar-refractivity contribution is 5.61. The van der Waals surface area contributed by atoms with Crippen molar-refractivity contribution in [3.63, 3.8) is 0 Å². The van der Waals surface area contributed by atoms with Crippen LogP contribution in [-0.2, 0) is 6.54 Å². The van der Waals surface area contributed by atoms with Crippen LogP contribution in [0, 0.1) is 0 Å². The maximum Gasteiger partial charge on any atom is 0.165 e. The normalized spacial score (nSPS) is 17.0. The Morgan fingerprint density at radius 2 is 2.06 bits per heavy atom. The molecule has 0 saturated carbocycles. The van der Waals surface area contributed by atoms with E-state index in [-0.39, 0.29) is 0 Å². The third kappa shape index (κ3) is 3.78. The van der Waals surface area contributed by atoms with Crippen LogP contribution in [0.3, 0.4) is 0 Å². The van der Waals surface area contributed by atoms with Crippen molar-refractivity contribution in [2.75, 3.05) is 33.0 Å². The highest BCUT2D eigenvalue weighted by Crippen LogP contribution is 2.34. The Labute approximate surface area is 186 Å². The average molecular weight is 434 g/mol. The van der Waals surface area contributed by atoms with E-state index >= 15 is 0 Å². The molecule has 1 fully saturated rings. The Hall–Kier alpha value is -3.52. The monoisotopic (exact) mass is 433 g/mol. The lowest BCUT2D eigenvalue weighted by Crippen LogP contribution is -2.34. The number of benzene rings is 1. The maximum absolute atomic E-state index is 6.34. The lowest BCUT2D eigenvalue weighted by Gasteiger charge is -2.33. The number of para-hydroxylation sites is 1. The number of nitrogens with two attached hydrogens (primary N) is 1. The molecule has 8 nitrogen and oxygen atoms in total. The van der Waals surface area contributed by atoms with Gasteiger partial charge in [-0.3, -0.25) is 4.90 Å². The van der Waals surface area contributed by atoms with E-state index in [0.29, 0.717) is 17.5 Å². The Bertz CT molecular complexity index is 1220. The fraction of sp³-hybridized carbons (Fsp3) is 0.333. The number of nitrogen functional groups attached to an aromatic ring is 1. The van der Waals surface area contributed by atoms with Crippen LogP contribution in [0.25, 0.3) is 17.1 Å². The van der Waals surface area contributed by atoms with Crippen LogP contribution in [0.5, 0.6) is 11.5 Å². The van der Waals surface area contributed by atoms with Crippen LogP contribution in [0.4, 0.5) is 5.82 Å². The number of ether oxygens (including phenoxy) is 2. The van der Waals surface area contributed by atoms with Crippen LogP contribution in [-0.4, -0.2) is 46.8 Å². The molecular formula is C24H27N5O3. The molecule has 1 atom stereocenters. The first kappa shape index (κ1) is 20.4. The fourth-order valence-corrected chi connectivity index (χ4v) is 4.53. The third-order valence-corrected chi connectivity index (χ3v) is 6.05. The number of anilines is 1. The number of fused-ring (bicyclic) bond motifs is 1. The van der Waals surface area contributed by atoms with Gasteiger partial charge in [-0.2, -0.15) is 9.61 Å². The standard InChI is InChI=1S/C24H27N5O3/c1-30-21-8-3-6-17(24(21)31-2)15-28-10-4-7-16(14-28)18-12-22(25)29-23(26-18)13-19(27-29)20-9-5-11-32-20/h3,5-6,8-9,11-13,16H,4,7,10,14-15,25H2,1-2H3/t16-/m0/s1. The minimum atomic E-state index is 0.301. The van der Waals surface area contributed by atoms with E-state index in [4.69, 9.17) is 24.6 Å². The summed E-state index contributed by atoms with van der Waals surface area (Å²) < 4.78 is 18.2. The molecule has 8 heteroatoms. The lowest BCUT2D eigenvalue weighted by molar-refractivity contribution is 0.196. The van der Waals surface area contributed by atoms with Crippen molar-refractivity contribution in [2.24, 2.45) is 0 Å². The summed E-state index contributed by atoms with van der Waals surface area (Å²) in [5, 5.41) is 4.55. The van der Waals surface area contributed by atoms with Crippen molar-refractivity contribution in [3.05, 3.63) is 60.0 Å². The van der Waals surface area contributed by atoms with Crippen LogP contribution in [0.1, 0.15) is 30.0 Å². The van der Waals surface area contributed by atoms with Crippen molar-refractivity contribution >= 4 is 11.5 Å². The van der Waals surface area contributed by atoms with E-state index in [0.717, 1.165) is 66.6 Å². The van der Waals surface area contributed by atoms with E-state index in [9.17, 15) is 0 Å². The SMILES string of the molecule is COc1cccc(CN2CCC[C@H](c3cc(N)n4nc(-c5ccco5)cc4n3)C2)c1OC. The number of likely N-dealkylation sites (tertiary alicyclic amines) is 1. The van der Waals surface area contributed by atoms with Crippen LogP contribution >= 0.6 is 0 Å². The number of furan rings is 1. The van der Waals surface area contributed by atoms with Crippen LogP contribution < -0.4 is 15.2 Å². The second-order valence-electron chi connectivity index (χ2n) is 8.11. The second kappa shape index (κ2) is 8.55. The van der Waals surface area contributed by atoms with Gasteiger partial charge in [0.25, 0.3) is 0 Å². The summed E-state index contributed by atoms with van der Waals surface area (Å²) in [6, 6.07) is 13.6. The van der Waals surface area contributed by atoms with Gasteiger partial charge in [-0.05, 0) is 37.6 Å². The topological polar surface area (TPSA) is 91.1 Å². The summed E-state index contributed by atoms with van der Waals surface area (Å²) in [7, 11) is 3.35. The molecule has 1 aliphatic heterocycles. The van der Waals surface area contributed by atoms with Gasteiger partial charge in [-0.15, -0.1) is 0 Å². The fourth-order valence-electron chi connectivity index (χ4n) is 4.53. The number of aromatic nitrogens is 3. The quantitative estimate of drug-likeness (QED) is 0.492. The van der Waals surface area contributed by atoms with Gasteiger partial charge in [-0.1, -0.05) is 12.1 Å². The molecule has 4 heterocycles. The summed E-state index contributed by atoms with van der Waals surface area (Å²) in [6.07, 6.45) is 3.81. The molecule has 5 rings (SSSR count). The molecule has 2 N–H and O–H groups in total. The second-order valence-corrected chi connectivity index (χ2v) is 8.11. The van der Waals surface area contributed by atoms with Gasteiger partial charge in [0.2, 0.25) is 0 Å². The molecule has 0 bridgehead atoms. The number of hydrogen-bond donors (Lipinski definition) is 1. The molecular weight excluding hydrogens is 406 g/mol. The summed E-state index contributed by atoms with van der Waals surface area (Å²) in [4.78, 5) is 7.34. The molecule has 0 unspecified atom stereocenters. The van der Waals surface area contributed by atoms with Gasteiger partial charge in [0.15, 0.2) is 22.9 Å². The largest absolute Gasteiger partial charge is 0.493 e. The summed E-state index contributed by atoms with van der Waals surface area (Å²) in [5.74, 6) is 3.13. The first-order valence-electron chi connectivity index (χ1n) is 10.8. The predicted octanol–water partition coefficient (Wildman–Crippen LogP) is 3.97. The number of rotatable bonds is 6. The molecule has 0 aliphatic carbocycles. The highest BCUT2D eigenvalue weighted by Gasteiger charge is 2.25. The number of methoxy groups -OCH3 is 2. The Morgan fingerprint density at radius 1 is 1.16 bits per heavy atom. The zero-order chi connectivity index (χ0) is 22.1. The van der Waals surface area contributed by atoms with Crippen molar-refractivity contribution in [3.8, 4) is 23.0 Å². The Balaban J connectivity index is 1.38. The molecule has 0 spiro atoms. The molecule has 166 valence electrons. The molecule has 1 saturated heterocycles. The van der Waals surface area contributed by atoms with E-state index < -0.39 is 0 Å². The van der Waals surface area contributed by atoms with Crippen LogP contribution in [0.15, 0.2) is 53.1 Å². The van der Waals surface area contributed by atoms with E-state index in [1.165, 1.54) is 0 Å². The average Bonchev–Trinajstić information content (AvgIpc) is 3.49. The molecule has 0 amide bonds. The van der Waals surface area contributed by atoms with Crippen molar-refractivity contribution < 1.29 is 13.9 Å². The van der Waals surface area contributed by atoms with E-state index in [2.05, 4.69) is 16.1 Å². The number of hydrogen-bond acceptors (Lipinski definition) is 7. The van der Waals surface area contributed by atoms with Gasteiger partial charge in [0.05, 0.1) is 26.2 Å². The maximum atomic E-state index is 6.34. The predicted molar refractivity (Wildman–Crippen MR) is 122 cm³/mol.